The van der Waals surface area contributed by atoms with Crippen LogP contribution in [-0.2, 0) is 4.79 Å². The number of hydrogen-bond acceptors (Lipinski definition) is 2. The molecule has 0 aliphatic heterocycles. The first-order valence-electron chi connectivity index (χ1n) is 5.66. The summed E-state index contributed by atoms with van der Waals surface area (Å²) in [4.78, 5) is 10.5. The summed E-state index contributed by atoms with van der Waals surface area (Å²) in [5.74, 6) is -0.999. The van der Waals surface area contributed by atoms with E-state index in [4.69, 9.17) is 28.9 Å². The fraction of sp³-hybridized carbons (Fsp3) is 0.231. The highest BCUT2D eigenvalue weighted by atomic mass is 35.5. The molecule has 1 aromatic rings. The minimum Gasteiger partial charge on any atom is -0.478 e. The van der Waals surface area contributed by atoms with Crippen LogP contribution in [0.15, 0.2) is 24.3 Å². The molecule has 19 heavy (non-hydrogen) atoms. The van der Waals surface area contributed by atoms with Crippen molar-refractivity contribution in [2.75, 3.05) is 5.32 Å². The molecule has 0 fully saturated rings. The van der Waals surface area contributed by atoms with Crippen molar-refractivity contribution in [3.63, 3.8) is 0 Å². The molecule has 0 unspecified atom stereocenters. The second-order valence-corrected chi connectivity index (χ2v) is 4.98. The molecule has 0 bridgehead atoms. The van der Waals surface area contributed by atoms with E-state index in [2.05, 4.69) is 10.6 Å². The highest BCUT2D eigenvalue weighted by molar-refractivity contribution is 7.80. The zero-order valence-electron chi connectivity index (χ0n) is 10.6. The summed E-state index contributed by atoms with van der Waals surface area (Å²) in [5.41, 5.74) is 1.36. The van der Waals surface area contributed by atoms with Gasteiger partial charge >= 0.3 is 5.97 Å². The average Bonchev–Trinajstić information content (AvgIpc) is 2.29. The van der Waals surface area contributed by atoms with Crippen LogP contribution in [0.1, 0.15) is 19.4 Å². The van der Waals surface area contributed by atoms with Crippen molar-refractivity contribution in [2.24, 2.45) is 0 Å². The van der Waals surface area contributed by atoms with Crippen LogP contribution in [0.4, 0.5) is 5.69 Å². The largest absolute Gasteiger partial charge is 0.478 e. The zero-order valence-corrected chi connectivity index (χ0v) is 12.2. The monoisotopic (exact) mass is 298 g/mol. The van der Waals surface area contributed by atoms with E-state index in [0.29, 0.717) is 15.8 Å². The molecule has 6 heteroatoms. The van der Waals surface area contributed by atoms with Crippen LogP contribution in [0.5, 0.6) is 0 Å². The molecule has 4 nitrogen and oxygen atoms in total. The van der Waals surface area contributed by atoms with Gasteiger partial charge in [0.25, 0.3) is 0 Å². The minimum atomic E-state index is -0.999. The van der Waals surface area contributed by atoms with Gasteiger partial charge in [0.1, 0.15) is 0 Å². The average molecular weight is 299 g/mol. The van der Waals surface area contributed by atoms with Gasteiger partial charge in [0, 0.05) is 12.1 Å². The fourth-order valence-corrected chi connectivity index (χ4v) is 1.84. The number of benzene rings is 1. The number of carboxylic acids is 1. The van der Waals surface area contributed by atoms with Crippen LogP contribution < -0.4 is 10.6 Å². The van der Waals surface area contributed by atoms with Crippen LogP contribution in [-0.4, -0.2) is 22.2 Å². The SMILES string of the molecule is CC(C)NC(=S)Nc1cc(/C=C/C(=O)O)ccc1Cl. The predicted octanol–water partition coefficient (Wildman–Crippen LogP) is 3.13. The summed E-state index contributed by atoms with van der Waals surface area (Å²) in [6.45, 7) is 3.95. The maximum absolute atomic E-state index is 10.5. The Hall–Kier alpha value is -1.59. The highest BCUT2D eigenvalue weighted by Gasteiger charge is 2.04. The molecule has 102 valence electrons. The van der Waals surface area contributed by atoms with Crippen LogP contribution in [0.3, 0.4) is 0 Å². The molecule has 0 aliphatic rings. The first-order valence-corrected chi connectivity index (χ1v) is 6.45. The number of aliphatic carboxylic acids is 1. The number of nitrogens with one attached hydrogen (secondary N) is 2. The van der Waals surface area contributed by atoms with E-state index in [-0.39, 0.29) is 6.04 Å². The number of carbonyl (C=O) groups is 1. The first kappa shape index (κ1) is 15.5. The van der Waals surface area contributed by atoms with E-state index >= 15 is 0 Å². The van der Waals surface area contributed by atoms with Crippen molar-refractivity contribution in [3.8, 4) is 0 Å². The van der Waals surface area contributed by atoms with Crippen molar-refractivity contribution in [2.45, 2.75) is 19.9 Å². The lowest BCUT2D eigenvalue weighted by atomic mass is 10.2. The molecule has 0 atom stereocenters. The van der Waals surface area contributed by atoms with Crippen LogP contribution in [0.2, 0.25) is 5.02 Å². The van der Waals surface area contributed by atoms with Crippen LogP contribution >= 0.6 is 23.8 Å². The van der Waals surface area contributed by atoms with E-state index in [0.717, 1.165) is 11.6 Å². The lowest BCUT2D eigenvalue weighted by Crippen LogP contribution is -2.33. The maximum atomic E-state index is 10.5. The molecule has 0 saturated heterocycles. The Balaban J connectivity index is 2.85. The van der Waals surface area contributed by atoms with Crippen molar-refractivity contribution in [1.82, 2.24) is 5.32 Å². The van der Waals surface area contributed by atoms with E-state index in [9.17, 15) is 4.79 Å². The topological polar surface area (TPSA) is 61.4 Å². The Bertz CT molecular complexity index is 515. The summed E-state index contributed by atoms with van der Waals surface area (Å²) in [6.07, 6.45) is 2.56. The number of anilines is 1. The summed E-state index contributed by atoms with van der Waals surface area (Å²) < 4.78 is 0. The molecule has 1 rings (SSSR count). The lowest BCUT2D eigenvalue weighted by molar-refractivity contribution is -0.131. The quantitative estimate of drug-likeness (QED) is 0.589. The van der Waals surface area contributed by atoms with Gasteiger partial charge in [0.2, 0.25) is 0 Å². The van der Waals surface area contributed by atoms with Gasteiger partial charge < -0.3 is 15.7 Å². The third kappa shape index (κ3) is 5.72. The normalized spacial score (nSPS) is 10.7. The molecule has 0 heterocycles. The Morgan fingerprint density at radius 2 is 2.16 bits per heavy atom. The second kappa shape index (κ2) is 7.11. The van der Waals surface area contributed by atoms with Gasteiger partial charge in [-0.1, -0.05) is 17.7 Å². The zero-order chi connectivity index (χ0) is 14.4. The summed E-state index contributed by atoms with van der Waals surface area (Å²) in [5, 5.41) is 15.6. The molecule has 0 spiro atoms. The van der Waals surface area contributed by atoms with Crippen molar-refractivity contribution < 1.29 is 9.90 Å². The summed E-state index contributed by atoms with van der Waals surface area (Å²) in [6, 6.07) is 5.36. The molecule has 0 aromatic heterocycles. The molecule has 1 aromatic carbocycles. The van der Waals surface area contributed by atoms with Crippen molar-refractivity contribution in [1.29, 1.82) is 0 Å². The number of rotatable bonds is 4. The third-order valence-corrected chi connectivity index (χ3v) is 2.63. The molecule has 0 aliphatic carbocycles. The fourth-order valence-electron chi connectivity index (χ4n) is 1.33. The Morgan fingerprint density at radius 3 is 2.74 bits per heavy atom. The molecular weight excluding hydrogens is 284 g/mol. The number of hydrogen-bond donors (Lipinski definition) is 3. The van der Waals surface area contributed by atoms with Gasteiger partial charge in [0.15, 0.2) is 5.11 Å². The van der Waals surface area contributed by atoms with Gasteiger partial charge in [-0.2, -0.15) is 0 Å². The molecule has 0 amide bonds. The van der Waals surface area contributed by atoms with E-state index in [1.165, 1.54) is 6.08 Å². The van der Waals surface area contributed by atoms with Crippen molar-refractivity contribution >= 4 is 46.7 Å². The number of carboxylic acid groups (broad SMARTS) is 1. The Morgan fingerprint density at radius 1 is 1.47 bits per heavy atom. The maximum Gasteiger partial charge on any atom is 0.328 e. The van der Waals surface area contributed by atoms with E-state index in [1.807, 2.05) is 13.8 Å². The minimum absolute atomic E-state index is 0.217. The van der Waals surface area contributed by atoms with Gasteiger partial charge in [-0.05, 0) is 49.8 Å². The van der Waals surface area contributed by atoms with Gasteiger partial charge in [-0.25, -0.2) is 4.79 Å². The highest BCUT2D eigenvalue weighted by Crippen LogP contribution is 2.23. The summed E-state index contributed by atoms with van der Waals surface area (Å²) >= 11 is 11.2. The molecule has 3 N–H and O–H groups in total. The van der Waals surface area contributed by atoms with Crippen LogP contribution in [0, 0.1) is 0 Å². The lowest BCUT2D eigenvalue weighted by Gasteiger charge is -2.14. The standard InChI is InChI=1S/C13H15ClN2O2S/c1-8(2)15-13(19)16-11-7-9(3-5-10(11)14)4-6-12(17)18/h3-8H,1-2H3,(H,17,18)(H2,15,16,19)/b6-4+. The van der Waals surface area contributed by atoms with Crippen LogP contribution in [0.25, 0.3) is 6.08 Å². The Kier molecular flexibility index (Phi) is 5.79. The van der Waals surface area contributed by atoms with Gasteiger partial charge in [0.05, 0.1) is 10.7 Å². The third-order valence-electron chi connectivity index (χ3n) is 2.08. The smallest absolute Gasteiger partial charge is 0.328 e. The summed E-state index contributed by atoms with van der Waals surface area (Å²) in [7, 11) is 0. The number of halogens is 1. The predicted molar refractivity (Wildman–Crippen MR) is 82.6 cm³/mol. The van der Waals surface area contributed by atoms with Gasteiger partial charge in [-0.15, -0.1) is 0 Å². The van der Waals surface area contributed by atoms with Crippen molar-refractivity contribution in [3.05, 3.63) is 34.9 Å². The Labute approximate surface area is 122 Å². The number of thiocarbonyl (C=S) groups is 1. The van der Waals surface area contributed by atoms with Gasteiger partial charge in [-0.3, -0.25) is 0 Å². The second-order valence-electron chi connectivity index (χ2n) is 4.16. The molecule has 0 radical (unpaired) electrons. The first-order chi connectivity index (χ1) is 8.88. The van der Waals surface area contributed by atoms with E-state index < -0.39 is 5.97 Å². The molecular formula is C13H15ClN2O2S. The van der Waals surface area contributed by atoms with E-state index in [1.54, 1.807) is 18.2 Å². The molecule has 0 saturated carbocycles.